The lowest BCUT2D eigenvalue weighted by molar-refractivity contribution is -0.160. The van der Waals surface area contributed by atoms with Crippen LogP contribution in [0, 0.1) is 0 Å². The molecule has 10 nitrogen and oxygen atoms in total. The molecule has 0 N–H and O–H groups in total. The predicted molar refractivity (Wildman–Crippen MR) is 118 cm³/mol. The van der Waals surface area contributed by atoms with Crippen LogP contribution < -0.4 is 5.76 Å². The number of carbonyl (C=O) groups is 2. The zero-order valence-electron chi connectivity index (χ0n) is 17.9. The number of carbonyl (C=O) groups excluding carboxylic acids is 2. The number of ether oxygens (including phenoxy) is 1. The normalized spacial score (nSPS) is 16.0. The lowest BCUT2D eigenvalue weighted by Gasteiger charge is -2.35. The summed E-state index contributed by atoms with van der Waals surface area (Å²) in [5.41, 5.74) is 0.803. The maximum atomic E-state index is 12.7. The van der Waals surface area contributed by atoms with Gasteiger partial charge in [-0.2, -0.15) is 4.31 Å². The van der Waals surface area contributed by atoms with Crippen LogP contribution in [0.25, 0.3) is 11.1 Å². The van der Waals surface area contributed by atoms with Crippen molar-refractivity contribution in [3.63, 3.8) is 0 Å². The number of aromatic nitrogens is 1. The molecule has 1 aromatic heterocycles. The lowest BCUT2D eigenvalue weighted by Crippen LogP contribution is -2.53. The van der Waals surface area contributed by atoms with E-state index in [-0.39, 0.29) is 31.1 Å². The van der Waals surface area contributed by atoms with E-state index in [2.05, 4.69) is 0 Å². The summed E-state index contributed by atoms with van der Waals surface area (Å²) in [6, 6.07) is 14.8. The molecular weight excluding hydrogens is 450 g/mol. The first kappa shape index (κ1) is 22.7. The average molecular weight is 474 g/mol. The summed E-state index contributed by atoms with van der Waals surface area (Å²) >= 11 is 0. The van der Waals surface area contributed by atoms with E-state index >= 15 is 0 Å². The molecule has 4 rings (SSSR count). The second-order valence-corrected chi connectivity index (χ2v) is 9.53. The van der Waals surface area contributed by atoms with Gasteiger partial charge in [0.15, 0.2) is 11.7 Å². The second kappa shape index (κ2) is 9.20. The number of esters is 1. The molecule has 0 bridgehead atoms. The van der Waals surface area contributed by atoms with Crippen LogP contribution >= 0.6 is 0 Å². The molecule has 11 heteroatoms. The Labute approximate surface area is 190 Å². The highest BCUT2D eigenvalue weighted by Crippen LogP contribution is 2.18. The third-order valence-electron chi connectivity index (χ3n) is 5.45. The van der Waals surface area contributed by atoms with Crippen LogP contribution in [-0.2, 0) is 30.9 Å². The Morgan fingerprint density at radius 2 is 1.64 bits per heavy atom. The number of hydrogen-bond donors (Lipinski definition) is 0. The van der Waals surface area contributed by atoms with Crippen LogP contribution in [0.3, 0.4) is 0 Å². The number of nitrogens with zero attached hydrogens (tertiary/aromatic N) is 3. The first-order valence-corrected chi connectivity index (χ1v) is 11.8. The summed E-state index contributed by atoms with van der Waals surface area (Å²) < 4.78 is 38.3. The molecule has 1 aliphatic rings. The Balaban J connectivity index is 1.34. The molecule has 2 aromatic carbocycles. The largest absolute Gasteiger partial charge is 0.451 e. The van der Waals surface area contributed by atoms with Crippen LogP contribution in [0.15, 0.2) is 68.7 Å². The van der Waals surface area contributed by atoms with Gasteiger partial charge in [0, 0.05) is 26.2 Å². The van der Waals surface area contributed by atoms with Crippen LogP contribution in [0.5, 0.6) is 0 Å². The van der Waals surface area contributed by atoms with E-state index in [1.54, 1.807) is 42.5 Å². The molecule has 0 aliphatic carbocycles. The van der Waals surface area contributed by atoms with Gasteiger partial charge in [-0.25, -0.2) is 13.2 Å². The number of sulfonamides is 1. The summed E-state index contributed by atoms with van der Waals surface area (Å²) in [5.74, 6) is -1.87. The van der Waals surface area contributed by atoms with Crippen LogP contribution in [0.4, 0.5) is 0 Å². The number of para-hydroxylation sites is 2. The number of piperazine rings is 1. The van der Waals surface area contributed by atoms with Crippen LogP contribution in [-0.4, -0.2) is 66.3 Å². The van der Waals surface area contributed by atoms with Crippen molar-refractivity contribution in [3.05, 3.63) is 65.1 Å². The Kier molecular flexibility index (Phi) is 6.34. The van der Waals surface area contributed by atoms with E-state index in [0.717, 1.165) is 4.57 Å². The topological polar surface area (TPSA) is 119 Å². The van der Waals surface area contributed by atoms with E-state index in [1.807, 2.05) is 0 Å². The standard InChI is InChI=1S/C22H23N3O7S/c1-16(31-20(26)15-25-18-9-5-6-10-19(18)32-22(25)28)21(27)23-11-13-24(14-12-23)33(29,30)17-7-3-2-4-8-17/h2-10,16H,11-15H2,1H3. The number of oxazole rings is 1. The minimum Gasteiger partial charge on any atom is -0.451 e. The van der Waals surface area contributed by atoms with Crippen molar-refractivity contribution in [2.45, 2.75) is 24.5 Å². The molecule has 1 atom stereocenters. The van der Waals surface area contributed by atoms with Crippen LogP contribution in [0.1, 0.15) is 6.92 Å². The zero-order chi connectivity index (χ0) is 23.6. The minimum atomic E-state index is -3.63. The Morgan fingerprint density at radius 1 is 1.00 bits per heavy atom. The van der Waals surface area contributed by atoms with Crippen molar-refractivity contribution in [3.8, 4) is 0 Å². The molecule has 174 valence electrons. The van der Waals surface area contributed by atoms with Crippen molar-refractivity contribution in [1.29, 1.82) is 0 Å². The van der Waals surface area contributed by atoms with Gasteiger partial charge in [-0.3, -0.25) is 14.2 Å². The first-order valence-electron chi connectivity index (χ1n) is 10.4. The monoisotopic (exact) mass is 473 g/mol. The highest BCUT2D eigenvalue weighted by molar-refractivity contribution is 7.89. The molecule has 0 saturated carbocycles. The van der Waals surface area contributed by atoms with Crippen molar-refractivity contribution in [2.75, 3.05) is 26.2 Å². The Morgan fingerprint density at radius 3 is 2.33 bits per heavy atom. The maximum Gasteiger partial charge on any atom is 0.420 e. The molecule has 0 spiro atoms. The van der Waals surface area contributed by atoms with Crippen molar-refractivity contribution in [1.82, 2.24) is 13.8 Å². The predicted octanol–water partition coefficient (Wildman–Crippen LogP) is 1.06. The van der Waals surface area contributed by atoms with Crippen molar-refractivity contribution < 1.29 is 27.2 Å². The summed E-state index contributed by atoms with van der Waals surface area (Å²) in [7, 11) is -3.63. The number of amides is 1. The number of hydrogen-bond acceptors (Lipinski definition) is 7. The fourth-order valence-corrected chi connectivity index (χ4v) is 5.17. The fraction of sp³-hybridized carbons (Fsp3) is 0.318. The second-order valence-electron chi connectivity index (χ2n) is 7.60. The van der Waals surface area contributed by atoms with E-state index in [0.29, 0.717) is 11.1 Å². The van der Waals surface area contributed by atoms with Gasteiger partial charge in [-0.1, -0.05) is 30.3 Å². The SMILES string of the molecule is CC(OC(=O)Cn1c(=O)oc2ccccc21)C(=O)N1CCN(S(=O)(=O)c2ccccc2)CC1. The number of benzene rings is 2. The van der Waals surface area contributed by atoms with Gasteiger partial charge in [0.2, 0.25) is 10.0 Å². The lowest BCUT2D eigenvalue weighted by atomic mass is 10.3. The third kappa shape index (κ3) is 4.69. The molecule has 2 heterocycles. The third-order valence-corrected chi connectivity index (χ3v) is 7.36. The van der Waals surface area contributed by atoms with Gasteiger partial charge in [0.05, 0.1) is 10.4 Å². The molecule has 3 aromatic rings. The summed E-state index contributed by atoms with van der Waals surface area (Å²) in [5, 5.41) is 0. The van der Waals surface area contributed by atoms with E-state index < -0.39 is 40.3 Å². The summed E-state index contributed by atoms with van der Waals surface area (Å²) in [6.45, 7) is 1.69. The fourth-order valence-electron chi connectivity index (χ4n) is 3.73. The van der Waals surface area contributed by atoms with Gasteiger partial charge in [0.25, 0.3) is 5.91 Å². The van der Waals surface area contributed by atoms with Gasteiger partial charge < -0.3 is 14.1 Å². The molecule has 1 unspecified atom stereocenters. The number of fused-ring (bicyclic) bond motifs is 1. The van der Waals surface area contributed by atoms with E-state index in [9.17, 15) is 22.8 Å². The number of rotatable bonds is 6. The molecule has 1 saturated heterocycles. The van der Waals surface area contributed by atoms with E-state index in [4.69, 9.17) is 9.15 Å². The quantitative estimate of drug-likeness (QED) is 0.491. The highest BCUT2D eigenvalue weighted by Gasteiger charge is 2.32. The zero-order valence-corrected chi connectivity index (χ0v) is 18.7. The van der Waals surface area contributed by atoms with Gasteiger partial charge >= 0.3 is 11.7 Å². The highest BCUT2D eigenvalue weighted by atomic mass is 32.2. The molecule has 0 radical (unpaired) electrons. The minimum absolute atomic E-state index is 0.139. The van der Waals surface area contributed by atoms with Crippen molar-refractivity contribution in [2.24, 2.45) is 0 Å². The molecular formula is C22H23N3O7S. The molecule has 1 fully saturated rings. The van der Waals surface area contributed by atoms with Gasteiger partial charge in [0.1, 0.15) is 6.54 Å². The summed E-state index contributed by atoms with van der Waals surface area (Å²) in [6.07, 6.45) is -1.08. The Bertz CT molecular complexity index is 1320. The maximum absolute atomic E-state index is 12.7. The molecule has 33 heavy (non-hydrogen) atoms. The first-order chi connectivity index (χ1) is 15.8. The average Bonchev–Trinajstić information content (AvgIpc) is 3.14. The summed E-state index contributed by atoms with van der Waals surface area (Å²) in [4.78, 5) is 38.8. The van der Waals surface area contributed by atoms with Gasteiger partial charge in [-0.05, 0) is 31.2 Å². The van der Waals surface area contributed by atoms with Crippen LogP contribution in [0.2, 0.25) is 0 Å². The molecule has 1 aliphatic heterocycles. The van der Waals surface area contributed by atoms with Gasteiger partial charge in [-0.15, -0.1) is 0 Å². The Hall–Kier alpha value is -3.44. The molecule has 1 amide bonds. The van der Waals surface area contributed by atoms with Crippen molar-refractivity contribution >= 4 is 33.0 Å². The smallest absolute Gasteiger partial charge is 0.420 e. The van der Waals surface area contributed by atoms with E-state index in [1.165, 1.54) is 28.3 Å².